The molecule has 1 aromatic carbocycles. The van der Waals surface area contributed by atoms with Crippen LogP contribution in [0.2, 0.25) is 0 Å². The van der Waals surface area contributed by atoms with Gasteiger partial charge in [0.15, 0.2) is 11.6 Å². The molecule has 0 aliphatic heterocycles. The molecule has 1 heterocycles. The fraction of sp³-hybridized carbons (Fsp3) is 0.357. The maximum Gasteiger partial charge on any atom is 0.167 e. The molecule has 1 saturated carbocycles. The third kappa shape index (κ3) is 2.54. The molecular weight excluding hydrogens is 245 g/mol. The van der Waals surface area contributed by atoms with Gasteiger partial charge in [0.05, 0.1) is 25.7 Å². The second-order valence-electron chi connectivity index (χ2n) is 4.73. The first-order chi connectivity index (χ1) is 9.28. The smallest absolute Gasteiger partial charge is 0.167 e. The molecule has 1 fully saturated rings. The Labute approximate surface area is 111 Å². The average Bonchev–Trinajstić information content (AvgIpc) is 3.15. The fourth-order valence-electron chi connectivity index (χ4n) is 2.12. The van der Waals surface area contributed by atoms with Crippen LogP contribution < -0.4 is 10.1 Å². The van der Waals surface area contributed by atoms with Crippen LogP contribution in [-0.4, -0.2) is 16.7 Å². The molecule has 0 radical (unpaired) electrons. The maximum atomic E-state index is 13.6. The largest absolute Gasteiger partial charge is 0.494 e. The van der Waals surface area contributed by atoms with E-state index in [-0.39, 0.29) is 11.6 Å². The van der Waals surface area contributed by atoms with Crippen LogP contribution >= 0.6 is 0 Å². The summed E-state index contributed by atoms with van der Waals surface area (Å²) in [5.74, 6) is -0.100. The summed E-state index contributed by atoms with van der Waals surface area (Å²) in [5, 5.41) is 3.21. The van der Waals surface area contributed by atoms with E-state index >= 15 is 0 Å². The highest BCUT2D eigenvalue weighted by Crippen LogP contribution is 2.35. The molecule has 0 saturated heterocycles. The number of rotatable bonds is 5. The molecule has 0 atom stereocenters. The molecule has 0 unspecified atom stereocenters. The number of benzene rings is 1. The summed E-state index contributed by atoms with van der Waals surface area (Å²) in [6, 6.07) is 5.47. The lowest BCUT2D eigenvalue weighted by atomic mass is 10.3. The van der Waals surface area contributed by atoms with Crippen molar-refractivity contribution in [3.8, 4) is 5.75 Å². The van der Waals surface area contributed by atoms with Crippen LogP contribution in [0.1, 0.15) is 24.6 Å². The van der Waals surface area contributed by atoms with E-state index in [1.165, 1.54) is 26.0 Å². The van der Waals surface area contributed by atoms with Crippen molar-refractivity contribution < 1.29 is 9.13 Å². The Hall–Kier alpha value is -2.04. The van der Waals surface area contributed by atoms with Crippen LogP contribution in [0, 0.1) is 5.82 Å². The molecule has 5 heteroatoms. The number of methoxy groups -OCH3 is 1. The molecule has 100 valence electrons. The van der Waals surface area contributed by atoms with Gasteiger partial charge in [-0.2, -0.15) is 0 Å². The molecule has 1 aromatic heterocycles. The normalized spacial score (nSPS) is 14.4. The van der Waals surface area contributed by atoms with E-state index < -0.39 is 0 Å². The number of hydrogen-bond donors (Lipinski definition) is 1. The first-order valence-corrected chi connectivity index (χ1v) is 6.36. The SMILES string of the molecule is COc1ccc(NCc2cncn2C2CC2)cc1F. The summed E-state index contributed by atoms with van der Waals surface area (Å²) in [7, 11) is 1.46. The van der Waals surface area contributed by atoms with Gasteiger partial charge in [-0.05, 0) is 25.0 Å². The fourth-order valence-corrected chi connectivity index (χ4v) is 2.12. The highest BCUT2D eigenvalue weighted by molar-refractivity contribution is 5.47. The Morgan fingerprint density at radius 2 is 2.32 bits per heavy atom. The number of aromatic nitrogens is 2. The first-order valence-electron chi connectivity index (χ1n) is 6.36. The number of nitrogens with zero attached hydrogens (tertiary/aromatic N) is 2. The number of imidazole rings is 1. The molecule has 1 aliphatic rings. The predicted octanol–water partition coefficient (Wildman–Crippen LogP) is 2.98. The van der Waals surface area contributed by atoms with Gasteiger partial charge in [-0.1, -0.05) is 0 Å². The topological polar surface area (TPSA) is 39.1 Å². The van der Waals surface area contributed by atoms with Crippen LogP contribution in [0.5, 0.6) is 5.75 Å². The van der Waals surface area contributed by atoms with Gasteiger partial charge in [-0.3, -0.25) is 0 Å². The van der Waals surface area contributed by atoms with Crippen molar-refractivity contribution >= 4 is 5.69 Å². The van der Waals surface area contributed by atoms with Crippen LogP contribution in [0.3, 0.4) is 0 Å². The minimum absolute atomic E-state index is 0.258. The van der Waals surface area contributed by atoms with Crippen molar-refractivity contribution in [2.24, 2.45) is 0 Å². The minimum Gasteiger partial charge on any atom is -0.494 e. The number of anilines is 1. The molecule has 0 bridgehead atoms. The third-order valence-corrected chi connectivity index (χ3v) is 3.31. The summed E-state index contributed by atoms with van der Waals surface area (Å²) < 4.78 is 20.6. The Kier molecular flexibility index (Phi) is 3.11. The second kappa shape index (κ2) is 4.91. The molecule has 4 nitrogen and oxygen atoms in total. The lowest BCUT2D eigenvalue weighted by Gasteiger charge is -2.10. The summed E-state index contributed by atoms with van der Waals surface area (Å²) in [6.45, 7) is 0.641. The maximum absolute atomic E-state index is 13.6. The standard InChI is InChI=1S/C14H16FN3O/c1-19-14-5-2-10(6-13(14)15)17-8-12-7-16-9-18(12)11-3-4-11/h2,5-7,9,11,17H,3-4,8H2,1H3. The van der Waals surface area contributed by atoms with E-state index in [0.717, 1.165) is 11.4 Å². The third-order valence-electron chi connectivity index (χ3n) is 3.31. The summed E-state index contributed by atoms with van der Waals surface area (Å²) in [5.41, 5.74) is 1.86. The lowest BCUT2D eigenvalue weighted by molar-refractivity contribution is 0.386. The van der Waals surface area contributed by atoms with Crippen LogP contribution in [0.15, 0.2) is 30.7 Å². The molecule has 19 heavy (non-hydrogen) atoms. The van der Waals surface area contributed by atoms with E-state index in [2.05, 4.69) is 14.9 Å². The van der Waals surface area contributed by atoms with Crippen molar-refractivity contribution in [3.63, 3.8) is 0 Å². The molecule has 1 aliphatic carbocycles. The van der Waals surface area contributed by atoms with Crippen molar-refractivity contribution in [2.45, 2.75) is 25.4 Å². The summed E-state index contributed by atoms with van der Waals surface area (Å²) in [6.07, 6.45) is 6.16. The molecular formula is C14H16FN3O. The highest BCUT2D eigenvalue weighted by Gasteiger charge is 2.24. The van der Waals surface area contributed by atoms with E-state index in [9.17, 15) is 4.39 Å². The quantitative estimate of drug-likeness (QED) is 0.899. The van der Waals surface area contributed by atoms with Gasteiger partial charge in [-0.15, -0.1) is 0 Å². The van der Waals surface area contributed by atoms with Crippen molar-refractivity contribution in [1.29, 1.82) is 0 Å². The van der Waals surface area contributed by atoms with E-state index in [1.807, 2.05) is 12.5 Å². The van der Waals surface area contributed by atoms with E-state index in [4.69, 9.17) is 4.74 Å². The van der Waals surface area contributed by atoms with Gasteiger partial charge in [0, 0.05) is 24.0 Å². The Morgan fingerprint density at radius 3 is 3.00 bits per heavy atom. The molecule has 1 N–H and O–H groups in total. The zero-order valence-electron chi connectivity index (χ0n) is 10.8. The van der Waals surface area contributed by atoms with E-state index in [0.29, 0.717) is 12.6 Å². The van der Waals surface area contributed by atoms with Gasteiger partial charge >= 0.3 is 0 Å². The van der Waals surface area contributed by atoms with E-state index in [1.54, 1.807) is 12.1 Å². The van der Waals surface area contributed by atoms with Crippen LogP contribution in [0.25, 0.3) is 0 Å². The lowest BCUT2D eigenvalue weighted by Crippen LogP contribution is -2.06. The molecule has 0 spiro atoms. The Balaban J connectivity index is 1.68. The second-order valence-corrected chi connectivity index (χ2v) is 4.73. The van der Waals surface area contributed by atoms with Gasteiger partial charge in [0.1, 0.15) is 0 Å². The first kappa shape index (κ1) is 12.0. The van der Waals surface area contributed by atoms with Crippen molar-refractivity contribution in [1.82, 2.24) is 9.55 Å². The van der Waals surface area contributed by atoms with Gasteiger partial charge < -0.3 is 14.6 Å². The molecule has 3 rings (SSSR count). The van der Waals surface area contributed by atoms with Crippen molar-refractivity contribution in [2.75, 3.05) is 12.4 Å². The van der Waals surface area contributed by atoms with Crippen molar-refractivity contribution in [3.05, 3.63) is 42.2 Å². The zero-order valence-corrected chi connectivity index (χ0v) is 10.8. The molecule has 2 aromatic rings. The number of nitrogens with one attached hydrogen (secondary N) is 1. The average molecular weight is 261 g/mol. The summed E-state index contributed by atoms with van der Waals surface area (Å²) >= 11 is 0. The number of hydrogen-bond acceptors (Lipinski definition) is 3. The number of halogens is 1. The van der Waals surface area contributed by atoms with Crippen LogP contribution in [-0.2, 0) is 6.54 Å². The van der Waals surface area contributed by atoms with Gasteiger partial charge in [-0.25, -0.2) is 9.37 Å². The monoisotopic (exact) mass is 261 g/mol. The van der Waals surface area contributed by atoms with Gasteiger partial charge in [0.25, 0.3) is 0 Å². The number of ether oxygens (including phenoxy) is 1. The Morgan fingerprint density at radius 1 is 1.47 bits per heavy atom. The minimum atomic E-state index is -0.358. The summed E-state index contributed by atoms with van der Waals surface area (Å²) in [4.78, 5) is 4.17. The van der Waals surface area contributed by atoms with Crippen LogP contribution in [0.4, 0.5) is 10.1 Å². The molecule has 0 amide bonds. The highest BCUT2D eigenvalue weighted by atomic mass is 19.1. The van der Waals surface area contributed by atoms with Gasteiger partial charge in [0.2, 0.25) is 0 Å². The predicted molar refractivity (Wildman–Crippen MR) is 70.8 cm³/mol. The Bertz CT molecular complexity index is 578. The zero-order chi connectivity index (χ0) is 13.2.